The molecule has 0 saturated carbocycles. The van der Waals surface area contributed by atoms with Crippen LogP contribution in [0.25, 0.3) is 0 Å². The third-order valence-electron chi connectivity index (χ3n) is 4.86. The number of carbonyl (C=O) groups excluding carboxylic acids is 2. The van der Waals surface area contributed by atoms with Gasteiger partial charge in [0.25, 0.3) is 0 Å². The van der Waals surface area contributed by atoms with Crippen LogP contribution in [0.4, 0.5) is 0 Å². The summed E-state index contributed by atoms with van der Waals surface area (Å²) >= 11 is 0. The molecule has 0 unspecified atom stereocenters. The van der Waals surface area contributed by atoms with E-state index >= 15 is 0 Å². The molecule has 9 nitrogen and oxygen atoms in total. The van der Waals surface area contributed by atoms with Gasteiger partial charge in [0.1, 0.15) is 12.2 Å². The van der Waals surface area contributed by atoms with Gasteiger partial charge in [0, 0.05) is 12.8 Å². The van der Waals surface area contributed by atoms with Crippen LogP contribution in [-0.2, 0) is 42.7 Å². The molecule has 2 saturated heterocycles. The van der Waals surface area contributed by atoms with Gasteiger partial charge in [0.2, 0.25) is 0 Å². The van der Waals surface area contributed by atoms with Crippen LogP contribution >= 0.6 is 0 Å². The molecule has 0 aromatic heterocycles. The average Bonchev–Trinajstić information content (AvgIpc) is 2.70. The van der Waals surface area contributed by atoms with Gasteiger partial charge in [0.15, 0.2) is 11.6 Å². The highest BCUT2D eigenvalue weighted by Gasteiger charge is 2.38. The molecule has 2 aliphatic heterocycles. The third-order valence-corrected chi connectivity index (χ3v) is 4.86. The largest absolute Gasteiger partial charge is 0.466 e. The molecule has 9 heteroatoms. The summed E-state index contributed by atoms with van der Waals surface area (Å²) in [5, 5.41) is 0. The maximum atomic E-state index is 11.5. The minimum atomic E-state index is -0.822. The van der Waals surface area contributed by atoms with Crippen molar-refractivity contribution < 1.29 is 42.7 Å². The van der Waals surface area contributed by atoms with Gasteiger partial charge in [-0.05, 0) is 27.7 Å². The molecule has 0 bridgehead atoms. The van der Waals surface area contributed by atoms with E-state index in [4.69, 9.17) is 33.2 Å². The Morgan fingerprint density at radius 2 is 1.10 bits per heavy atom. The molecule has 29 heavy (non-hydrogen) atoms. The highest BCUT2D eigenvalue weighted by atomic mass is 16.7. The smallest absolute Gasteiger partial charge is 0.305 e. The van der Waals surface area contributed by atoms with Gasteiger partial charge in [-0.2, -0.15) is 0 Å². The summed E-state index contributed by atoms with van der Waals surface area (Å²) in [6, 6.07) is 0. The zero-order chi connectivity index (χ0) is 21.3. The summed E-state index contributed by atoms with van der Waals surface area (Å²) in [5.74, 6) is -2.17. The molecule has 2 rings (SSSR count). The molecular formula is C20H34O9. The zero-order valence-electron chi connectivity index (χ0n) is 17.9. The van der Waals surface area contributed by atoms with E-state index in [0.29, 0.717) is 52.5 Å². The van der Waals surface area contributed by atoms with E-state index in [1.54, 1.807) is 13.8 Å². The number of hydrogen-bond acceptors (Lipinski definition) is 9. The number of carbonyl (C=O) groups is 2. The van der Waals surface area contributed by atoms with Crippen molar-refractivity contribution in [2.75, 3.05) is 39.6 Å². The minimum absolute atomic E-state index is 0.241. The van der Waals surface area contributed by atoms with Gasteiger partial charge in [-0.3, -0.25) is 9.59 Å². The molecule has 0 radical (unpaired) electrons. The lowest BCUT2D eigenvalue weighted by atomic mass is 10.1. The van der Waals surface area contributed by atoms with E-state index < -0.39 is 11.6 Å². The second-order valence-electron chi connectivity index (χ2n) is 7.50. The molecule has 2 fully saturated rings. The number of esters is 2. The Morgan fingerprint density at radius 3 is 1.41 bits per heavy atom. The van der Waals surface area contributed by atoms with E-state index in [9.17, 15) is 9.59 Å². The van der Waals surface area contributed by atoms with Crippen LogP contribution in [0.1, 0.15) is 53.4 Å². The first-order chi connectivity index (χ1) is 13.8. The minimum Gasteiger partial charge on any atom is -0.466 e. The summed E-state index contributed by atoms with van der Waals surface area (Å²) in [7, 11) is 0. The number of hydrogen-bond donors (Lipinski definition) is 0. The van der Waals surface area contributed by atoms with Crippen LogP contribution in [0.15, 0.2) is 0 Å². The quantitative estimate of drug-likeness (QED) is 0.493. The second kappa shape index (κ2) is 11.2. The molecule has 0 aromatic carbocycles. The Kier molecular flexibility index (Phi) is 9.29. The van der Waals surface area contributed by atoms with Gasteiger partial charge in [-0.25, -0.2) is 0 Å². The summed E-state index contributed by atoms with van der Waals surface area (Å²) < 4.78 is 39.0. The standard InChI is InChI=1S/C20H34O9/c1-5-23-17(21)7-9-19(3)25-11-15(12-26-19)29-16-13-27-20(4,28-14-16)10-8-18(22)24-6-2/h15-16H,5-14H2,1-4H3. The highest BCUT2D eigenvalue weighted by molar-refractivity contribution is 5.69. The summed E-state index contributed by atoms with van der Waals surface area (Å²) in [5.41, 5.74) is 0. The van der Waals surface area contributed by atoms with Crippen LogP contribution in [-0.4, -0.2) is 75.4 Å². The Labute approximate surface area is 172 Å². The maximum absolute atomic E-state index is 11.5. The van der Waals surface area contributed by atoms with Crippen molar-refractivity contribution in [3.05, 3.63) is 0 Å². The highest BCUT2D eigenvalue weighted by Crippen LogP contribution is 2.28. The van der Waals surface area contributed by atoms with E-state index in [0.717, 1.165) is 0 Å². The number of rotatable bonds is 10. The Balaban J connectivity index is 1.66. The van der Waals surface area contributed by atoms with Gasteiger partial charge >= 0.3 is 11.9 Å². The fourth-order valence-corrected chi connectivity index (χ4v) is 3.10. The fourth-order valence-electron chi connectivity index (χ4n) is 3.10. The van der Waals surface area contributed by atoms with Gasteiger partial charge < -0.3 is 33.2 Å². The first-order valence-electron chi connectivity index (χ1n) is 10.3. The summed E-state index contributed by atoms with van der Waals surface area (Å²) in [6.45, 7) is 9.32. The summed E-state index contributed by atoms with van der Waals surface area (Å²) in [4.78, 5) is 23.0. The lowest BCUT2D eigenvalue weighted by Gasteiger charge is -2.41. The van der Waals surface area contributed by atoms with Crippen molar-refractivity contribution in [2.45, 2.75) is 77.2 Å². The molecule has 2 aliphatic rings. The van der Waals surface area contributed by atoms with E-state index in [1.165, 1.54) is 0 Å². The molecule has 0 amide bonds. The van der Waals surface area contributed by atoms with Crippen molar-refractivity contribution in [1.29, 1.82) is 0 Å². The molecule has 0 atom stereocenters. The van der Waals surface area contributed by atoms with E-state index in [1.807, 2.05) is 13.8 Å². The predicted molar refractivity (Wildman–Crippen MR) is 101 cm³/mol. The summed E-state index contributed by atoms with van der Waals surface area (Å²) in [6.07, 6.45) is 0.841. The van der Waals surface area contributed by atoms with Crippen LogP contribution in [0.5, 0.6) is 0 Å². The van der Waals surface area contributed by atoms with Gasteiger partial charge in [-0.1, -0.05) is 0 Å². The average molecular weight is 418 g/mol. The maximum Gasteiger partial charge on any atom is 0.305 e. The van der Waals surface area contributed by atoms with Crippen LogP contribution in [0, 0.1) is 0 Å². The van der Waals surface area contributed by atoms with Crippen molar-refractivity contribution in [3.63, 3.8) is 0 Å². The lowest BCUT2D eigenvalue weighted by Crippen LogP contribution is -2.50. The number of ether oxygens (including phenoxy) is 7. The third kappa shape index (κ3) is 8.18. The zero-order valence-corrected chi connectivity index (χ0v) is 17.9. The Hall–Kier alpha value is -1.26. The van der Waals surface area contributed by atoms with Crippen molar-refractivity contribution >= 4 is 11.9 Å². The fraction of sp³-hybridized carbons (Fsp3) is 0.900. The van der Waals surface area contributed by atoms with Crippen molar-refractivity contribution in [2.24, 2.45) is 0 Å². The molecule has 168 valence electrons. The van der Waals surface area contributed by atoms with E-state index in [2.05, 4.69) is 0 Å². The van der Waals surface area contributed by atoms with Crippen LogP contribution in [0.2, 0.25) is 0 Å². The first-order valence-corrected chi connectivity index (χ1v) is 10.3. The molecule has 2 heterocycles. The van der Waals surface area contributed by atoms with Gasteiger partial charge in [-0.15, -0.1) is 0 Å². The Bertz CT molecular complexity index is 474. The SMILES string of the molecule is CCOC(=O)CCC1(C)OCC(OC2COC(C)(CCC(=O)OCC)OC2)CO1. The molecule has 0 aromatic rings. The van der Waals surface area contributed by atoms with Crippen LogP contribution < -0.4 is 0 Å². The lowest BCUT2D eigenvalue weighted by molar-refractivity contribution is -0.325. The van der Waals surface area contributed by atoms with E-state index in [-0.39, 0.29) is 37.0 Å². The Morgan fingerprint density at radius 1 is 0.759 bits per heavy atom. The molecular weight excluding hydrogens is 384 g/mol. The van der Waals surface area contributed by atoms with Gasteiger partial charge in [0.05, 0.1) is 52.5 Å². The normalized spacial score (nSPS) is 32.6. The van der Waals surface area contributed by atoms with Crippen molar-refractivity contribution in [1.82, 2.24) is 0 Å². The second-order valence-corrected chi connectivity index (χ2v) is 7.50. The first kappa shape index (κ1) is 24.0. The predicted octanol–water partition coefficient (Wildman–Crippen LogP) is 1.95. The van der Waals surface area contributed by atoms with Crippen molar-refractivity contribution in [3.8, 4) is 0 Å². The monoisotopic (exact) mass is 418 g/mol. The van der Waals surface area contributed by atoms with Crippen LogP contribution in [0.3, 0.4) is 0 Å². The molecule has 0 N–H and O–H groups in total. The molecule has 0 spiro atoms. The molecule has 0 aliphatic carbocycles. The topological polar surface area (TPSA) is 98.8 Å².